The normalized spacial score (nSPS) is 11.6. The van der Waals surface area contributed by atoms with Gasteiger partial charge in [-0.15, -0.1) is 0 Å². The van der Waals surface area contributed by atoms with E-state index in [1.807, 2.05) is 0 Å². The van der Waals surface area contributed by atoms with Gasteiger partial charge in [-0.3, -0.25) is 0 Å². The number of rotatable bonds is 4. The van der Waals surface area contributed by atoms with Gasteiger partial charge in [0.1, 0.15) is 11.2 Å². The van der Waals surface area contributed by atoms with Crippen molar-refractivity contribution in [2.75, 3.05) is 4.90 Å². The van der Waals surface area contributed by atoms with Gasteiger partial charge < -0.3 is 9.32 Å². The van der Waals surface area contributed by atoms with Crippen molar-refractivity contribution in [2.24, 2.45) is 0 Å². The van der Waals surface area contributed by atoms with Crippen molar-refractivity contribution in [3.05, 3.63) is 164 Å². The van der Waals surface area contributed by atoms with E-state index in [9.17, 15) is 0 Å². The Morgan fingerprint density at radius 3 is 1.84 bits per heavy atom. The van der Waals surface area contributed by atoms with Crippen LogP contribution in [0.25, 0.3) is 65.4 Å². The summed E-state index contributed by atoms with van der Waals surface area (Å²) in [6.45, 7) is 0. The smallest absolute Gasteiger partial charge is 0.136 e. The molecule has 0 aliphatic rings. The van der Waals surface area contributed by atoms with Crippen LogP contribution in [0.3, 0.4) is 0 Å². The van der Waals surface area contributed by atoms with Gasteiger partial charge in [0.15, 0.2) is 0 Å². The van der Waals surface area contributed by atoms with E-state index in [1.165, 1.54) is 43.4 Å². The number of hydrogen-bond acceptors (Lipinski definition) is 2. The Bertz CT molecular complexity index is 2520. The minimum atomic E-state index is 0.891. The Labute approximate surface area is 255 Å². The van der Waals surface area contributed by atoms with E-state index in [-0.39, 0.29) is 0 Å². The van der Waals surface area contributed by atoms with E-state index in [2.05, 4.69) is 169 Å². The molecule has 0 bridgehead atoms. The Hall–Kier alpha value is -5.86. The Kier molecular flexibility index (Phi) is 5.54. The molecule has 0 unspecified atom stereocenters. The molecule has 2 nitrogen and oxygen atoms in total. The molecule has 1 heterocycles. The van der Waals surface area contributed by atoms with Crippen LogP contribution in [-0.2, 0) is 0 Å². The lowest BCUT2D eigenvalue weighted by atomic mass is 10.00. The predicted molar refractivity (Wildman–Crippen MR) is 186 cm³/mol. The number of hydrogen-bond donors (Lipinski definition) is 0. The van der Waals surface area contributed by atoms with E-state index in [0.29, 0.717) is 0 Å². The lowest BCUT2D eigenvalue weighted by Gasteiger charge is -2.27. The zero-order chi connectivity index (χ0) is 29.0. The summed E-state index contributed by atoms with van der Waals surface area (Å²) in [6, 6.07) is 58.7. The summed E-state index contributed by atoms with van der Waals surface area (Å²) in [7, 11) is 0. The number of furan rings is 1. The Morgan fingerprint density at radius 2 is 0.977 bits per heavy atom. The molecule has 2 heteroatoms. The van der Waals surface area contributed by atoms with Crippen LogP contribution in [0.2, 0.25) is 0 Å². The van der Waals surface area contributed by atoms with Crippen molar-refractivity contribution in [1.82, 2.24) is 0 Å². The van der Waals surface area contributed by atoms with Gasteiger partial charge in [-0.1, -0.05) is 109 Å². The van der Waals surface area contributed by atoms with E-state index >= 15 is 0 Å². The summed E-state index contributed by atoms with van der Waals surface area (Å²) in [5.41, 5.74) is 7.50. The van der Waals surface area contributed by atoms with Crippen molar-refractivity contribution < 1.29 is 4.42 Å². The van der Waals surface area contributed by atoms with Crippen LogP contribution in [0.5, 0.6) is 0 Å². The summed E-state index contributed by atoms with van der Waals surface area (Å²) in [4.78, 5) is 2.38. The average molecular weight is 562 g/mol. The van der Waals surface area contributed by atoms with E-state index in [0.717, 1.165) is 39.0 Å². The van der Waals surface area contributed by atoms with Crippen LogP contribution in [-0.4, -0.2) is 0 Å². The third-order valence-corrected chi connectivity index (χ3v) is 8.77. The summed E-state index contributed by atoms with van der Waals surface area (Å²) in [5.74, 6) is 0. The van der Waals surface area contributed by atoms with E-state index in [4.69, 9.17) is 4.42 Å². The fraction of sp³-hybridized carbons (Fsp3) is 0. The molecule has 44 heavy (non-hydrogen) atoms. The van der Waals surface area contributed by atoms with Crippen molar-refractivity contribution in [1.29, 1.82) is 0 Å². The third-order valence-electron chi connectivity index (χ3n) is 8.77. The quantitative estimate of drug-likeness (QED) is 0.212. The second-order valence-corrected chi connectivity index (χ2v) is 11.4. The lowest BCUT2D eigenvalue weighted by molar-refractivity contribution is 0.669. The molecule has 0 amide bonds. The molecule has 0 spiro atoms. The Balaban J connectivity index is 1.27. The zero-order valence-corrected chi connectivity index (χ0v) is 23.9. The first-order chi connectivity index (χ1) is 21.8. The minimum absolute atomic E-state index is 0.891. The maximum atomic E-state index is 6.37. The van der Waals surface area contributed by atoms with Crippen molar-refractivity contribution >= 4 is 71.3 Å². The van der Waals surface area contributed by atoms with Crippen LogP contribution in [0, 0.1) is 0 Å². The molecular weight excluding hydrogens is 534 g/mol. The standard InChI is InChI=1S/C42H27NO/c1-2-11-30-23-34(20-19-28(30)9-1)31-15-7-16-35(24-31)43(40-18-8-14-29-10-5-6-17-37(29)40)36-21-22-41-39(27-36)38-25-32-12-3-4-13-33(32)26-42(38)44-41/h1-27H. The monoisotopic (exact) mass is 561 g/mol. The summed E-state index contributed by atoms with van der Waals surface area (Å²) in [5, 5.41) is 9.53. The fourth-order valence-corrected chi connectivity index (χ4v) is 6.61. The first-order valence-corrected chi connectivity index (χ1v) is 15.0. The first kappa shape index (κ1) is 24.7. The van der Waals surface area contributed by atoms with Crippen LogP contribution in [0.15, 0.2) is 168 Å². The molecule has 8 aromatic carbocycles. The van der Waals surface area contributed by atoms with Gasteiger partial charge in [0.2, 0.25) is 0 Å². The van der Waals surface area contributed by atoms with Crippen LogP contribution in [0.1, 0.15) is 0 Å². The molecule has 0 N–H and O–H groups in total. The highest BCUT2D eigenvalue weighted by Crippen LogP contribution is 2.43. The summed E-state index contributed by atoms with van der Waals surface area (Å²) < 4.78 is 6.37. The van der Waals surface area contributed by atoms with E-state index < -0.39 is 0 Å². The molecule has 0 aliphatic carbocycles. The second-order valence-electron chi connectivity index (χ2n) is 11.4. The number of fused-ring (bicyclic) bond motifs is 6. The molecule has 206 valence electrons. The topological polar surface area (TPSA) is 16.4 Å². The molecule has 0 atom stereocenters. The molecule has 9 aromatic rings. The summed E-state index contributed by atoms with van der Waals surface area (Å²) in [6.07, 6.45) is 0. The van der Waals surface area contributed by atoms with Crippen LogP contribution < -0.4 is 4.90 Å². The number of benzene rings is 8. The number of anilines is 3. The molecule has 0 saturated heterocycles. The first-order valence-electron chi connectivity index (χ1n) is 15.0. The maximum absolute atomic E-state index is 6.37. The third kappa shape index (κ3) is 4.04. The molecule has 0 fully saturated rings. The van der Waals surface area contributed by atoms with Crippen LogP contribution in [0.4, 0.5) is 17.1 Å². The molecule has 9 rings (SSSR count). The van der Waals surface area contributed by atoms with Gasteiger partial charge in [0.05, 0.1) is 5.69 Å². The fourth-order valence-electron chi connectivity index (χ4n) is 6.61. The van der Waals surface area contributed by atoms with Gasteiger partial charge in [-0.25, -0.2) is 0 Å². The highest BCUT2D eigenvalue weighted by atomic mass is 16.3. The van der Waals surface area contributed by atoms with Crippen LogP contribution >= 0.6 is 0 Å². The van der Waals surface area contributed by atoms with E-state index in [1.54, 1.807) is 0 Å². The Morgan fingerprint density at radius 1 is 0.341 bits per heavy atom. The maximum Gasteiger partial charge on any atom is 0.136 e. The van der Waals surface area contributed by atoms with Gasteiger partial charge in [0.25, 0.3) is 0 Å². The average Bonchev–Trinajstić information content (AvgIpc) is 3.44. The van der Waals surface area contributed by atoms with Gasteiger partial charge in [0, 0.05) is 27.5 Å². The molecular formula is C42H27NO. The van der Waals surface area contributed by atoms with Gasteiger partial charge in [-0.05, 0) is 92.7 Å². The molecule has 0 radical (unpaired) electrons. The lowest BCUT2D eigenvalue weighted by Crippen LogP contribution is -2.10. The van der Waals surface area contributed by atoms with Crippen molar-refractivity contribution in [2.45, 2.75) is 0 Å². The highest BCUT2D eigenvalue weighted by molar-refractivity contribution is 6.11. The largest absolute Gasteiger partial charge is 0.456 e. The molecule has 0 saturated carbocycles. The van der Waals surface area contributed by atoms with Crippen molar-refractivity contribution in [3.63, 3.8) is 0 Å². The SMILES string of the molecule is c1cc(-c2ccc3ccccc3c2)cc(N(c2ccc3oc4cc5ccccc5cc4c3c2)c2cccc3ccccc23)c1. The summed E-state index contributed by atoms with van der Waals surface area (Å²) >= 11 is 0. The number of nitrogens with zero attached hydrogens (tertiary/aromatic N) is 1. The van der Waals surface area contributed by atoms with Gasteiger partial charge in [-0.2, -0.15) is 0 Å². The predicted octanol–water partition coefficient (Wildman–Crippen LogP) is 12.2. The zero-order valence-electron chi connectivity index (χ0n) is 23.9. The second kappa shape index (κ2) is 9.86. The van der Waals surface area contributed by atoms with Gasteiger partial charge >= 0.3 is 0 Å². The van der Waals surface area contributed by atoms with Crippen molar-refractivity contribution in [3.8, 4) is 11.1 Å². The minimum Gasteiger partial charge on any atom is -0.456 e. The molecule has 0 aliphatic heterocycles. The highest BCUT2D eigenvalue weighted by Gasteiger charge is 2.18. The molecule has 1 aromatic heterocycles.